The lowest BCUT2D eigenvalue weighted by Gasteiger charge is -2.29. The molecule has 0 unspecified atom stereocenters. The van der Waals surface area contributed by atoms with Crippen molar-refractivity contribution in [1.29, 1.82) is 0 Å². The molecule has 4 heterocycles. The summed E-state index contributed by atoms with van der Waals surface area (Å²) in [5.41, 5.74) is 2.50. The molecule has 0 aliphatic carbocycles. The highest BCUT2D eigenvalue weighted by atomic mass is 79.9. The first-order valence-corrected chi connectivity index (χ1v) is 18.3. The first-order chi connectivity index (χ1) is 20.7. The second-order valence-electron chi connectivity index (χ2n) is 9.54. The number of carbonyl (C=O) groups is 1. The summed E-state index contributed by atoms with van der Waals surface area (Å²) in [5.74, 6) is 1.59. The van der Waals surface area contributed by atoms with Gasteiger partial charge in [0.05, 0.1) is 28.5 Å². The monoisotopic (exact) mass is 785 g/mol. The fourth-order valence-electron chi connectivity index (χ4n) is 4.07. The van der Waals surface area contributed by atoms with E-state index in [0.29, 0.717) is 29.2 Å². The van der Waals surface area contributed by atoms with Crippen LogP contribution in [0.25, 0.3) is 0 Å². The van der Waals surface area contributed by atoms with E-state index in [4.69, 9.17) is 20.2 Å². The number of benzene rings is 2. The number of nitrogens with zero attached hydrogens (tertiary/aromatic N) is 3. The highest BCUT2D eigenvalue weighted by molar-refractivity contribution is 9.10. The van der Waals surface area contributed by atoms with Gasteiger partial charge in [0.25, 0.3) is 19.1 Å². The Balaban J connectivity index is 0.000000164. The van der Waals surface area contributed by atoms with Crippen molar-refractivity contribution in [2.45, 2.75) is 30.1 Å². The summed E-state index contributed by atoms with van der Waals surface area (Å²) in [4.78, 5) is 19.8. The average molecular weight is 788 g/mol. The quantitative estimate of drug-likeness (QED) is 0.181. The maximum atomic E-state index is 12.8. The summed E-state index contributed by atoms with van der Waals surface area (Å²) in [5, 5.41) is 0. The van der Waals surface area contributed by atoms with Crippen LogP contribution in [-0.4, -0.2) is 52.3 Å². The van der Waals surface area contributed by atoms with Crippen LogP contribution >= 0.6 is 42.5 Å². The zero-order valence-corrected chi connectivity index (χ0v) is 29.0. The van der Waals surface area contributed by atoms with Crippen molar-refractivity contribution in [3.8, 4) is 11.5 Å². The number of anilines is 1. The largest absolute Gasteiger partial charge is 0.488 e. The van der Waals surface area contributed by atoms with E-state index in [-0.39, 0.29) is 28.7 Å². The van der Waals surface area contributed by atoms with E-state index in [0.717, 1.165) is 27.2 Å². The normalized spacial score (nSPS) is 13.9. The number of fused-ring (bicyclic) bond motifs is 2. The molecule has 2 aliphatic heterocycles. The number of hydrogen-bond donors (Lipinski definition) is 0. The van der Waals surface area contributed by atoms with Gasteiger partial charge in [0, 0.05) is 10.7 Å². The van der Waals surface area contributed by atoms with Gasteiger partial charge in [-0.2, -0.15) is 0 Å². The SMILES string of the molecule is Cc1cccc(S(=O)(=O)Cl)c1.Cc1cccc(S(=O)(=O)N2CCOc3ccc(Br)nc32)c1.O=C1COc2ccc(Br)nc2C1. The third-order valence-corrected chi connectivity index (χ3v) is 10.1. The van der Waals surface area contributed by atoms with Gasteiger partial charge in [0.15, 0.2) is 17.4 Å². The van der Waals surface area contributed by atoms with Gasteiger partial charge in [-0.05, 0) is 105 Å². The number of carbonyl (C=O) groups excluding carboxylic acids is 1. The molecular weight excluding hydrogens is 762 g/mol. The van der Waals surface area contributed by atoms with E-state index >= 15 is 0 Å². The molecule has 2 aromatic heterocycles. The number of sulfonamides is 1. The Hall–Kier alpha value is -3.04. The molecule has 44 heavy (non-hydrogen) atoms. The van der Waals surface area contributed by atoms with Crippen LogP contribution in [0.5, 0.6) is 11.5 Å². The van der Waals surface area contributed by atoms with Gasteiger partial charge in [-0.15, -0.1) is 0 Å². The third-order valence-electron chi connectivity index (χ3n) is 6.09. The third kappa shape index (κ3) is 8.78. The summed E-state index contributed by atoms with van der Waals surface area (Å²) in [7, 11) is -2.10. The molecule has 15 heteroatoms. The van der Waals surface area contributed by atoms with E-state index in [1.807, 2.05) is 32.0 Å². The molecule has 0 fully saturated rings. The maximum Gasteiger partial charge on any atom is 0.265 e. The van der Waals surface area contributed by atoms with E-state index in [1.165, 1.54) is 16.4 Å². The lowest BCUT2D eigenvalue weighted by atomic mass is 10.1. The van der Waals surface area contributed by atoms with E-state index in [2.05, 4.69) is 41.8 Å². The van der Waals surface area contributed by atoms with E-state index < -0.39 is 19.1 Å². The van der Waals surface area contributed by atoms with Crippen LogP contribution in [0.2, 0.25) is 0 Å². The van der Waals surface area contributed by atoms with Crippen LogP contribution < -0.4 is 13.8 Å². The van der Waals surface area contributed by atoms with E-state index in [9.17, 15) is 21.6 Å². The van der Waals surface area contributed by atoms with Crippen molar-refractivity contribution in [1.82, 2.24) is 9.97 Å². The summed E-state index contributed by atoms with van der Waals surface area (Å²) in [6.45, 7) is 4.40. The number of rotatable bonds is 3. The number of ether oxygens (including phenoxy) is 2. The highest BCUT2D eigenvalue weighted by Crippen LogP contribution is 2.34. The number of Topliss-reactive ketones (excluding diaryl/α,β-unsaturated/α-hetero) is 1. The van der Waals surface area contributed by atoms with Crippen molar-refractivity contribution >= 4 is 73.2 Å². The predicted octanol–water partition coefficient (Wildman–Crippen LogP) is 6.01. The first kappa shape index (κ1) is 33.8. The lowest BCUT2D eigenvalue weighted by Crippen LogP contribution is -2.38. The van der Waals surface area contributed by atoms with Crippen LogP contribution in [0.15, 0.2) is 91.8 Å². The molecule has 6 rings (SSSR count). The van der Waals surface area contributed by atoms with Crippen molar-refractivity contribution < 1.29 is 31.1 Å². The van der Waals surface area contributed by atoms with Gasteiger partial charge in [0.1, 0.15) is 28.2 Å². The Morgan fingerprint density at radius 1 is 0.795 bits per heavy atom. The minimum atomic E-state index is -3.64. The van der Waals surface area contributed by atoms with Gasteiger partial charge in [-0.25, -0.2) is 31.1 Å². The average Bonchev–Trinajstić information content (AvgIpc) is 2.97. The molecule has 2 aliphatic rings. The number of ketones is 1. The Bertz CT molecular complexity index is 1910. The Labute approximate surface area is 277 Å². The highest BCUT2D eigenvalue weighted by Gasteiger charge is 2.31. The fourth-order valence-corrected chi connectivity index (χ4v) is 7.08. The zero-order chi connectivity index (χ0) is 32.1. The number of hydrogen-bond acceptors (Lipinski definition) is 9. The van der Waals surface area contributed by atoms with Crippen LogP contribution in [0, 0.1) is 13.8 Å². The Morgan fingerprint density at radius 3 is 2.00 bits per heavy atom. The molecular formula is C29H26Br2ClN3O7S2. The van der Waals surface area contributed by atoms with Crippen molar-refractivity contribution in [2.75, 3.05) is 24.1 Å². The van der Waals surface area contributed by atoms with Crippen LogP contribution in [-0.2, 0) is 30.3 Å². The fraction of sp³-hybridized carbons (Fsp3) is 0.207. The summed E-state index contributed by atoms with van der Waals surface area (Å²) >= 11 is 6.50. The topological polar surface area (TPSA) is 133 Å². The molecule has 0 amide bonds. The molecule has 10 nitrogen and oxygen atoms in total. The molecule has 2 aromatic carbocycles. The van der Waals surface area contributed by atoms with Crippen molar-refractivity contribution in [2.24, 2.45) is 0 Å². The molecule has 0 atom stereocenters. The molecule has 232 valence electrons. The van der Waals surface area contributed by atoms with Crippen LogP contribution in [0.4, 0.5) is 5.82 Å². The Kier molecular flexibility index (Phi) is 11.1. The zero-order valence-electron chi connectivity index (χ0n) is 23.4. The van der Waals surface area contributed by atoms with Crippen LogP contribution in [0.1, 0.15) is 16.8 Å². The number of pyridine rings is 2. The molecule has 4 aromatic rings. The first-order valence-electron chi connectivity index (χ1n) is 12.9. The van der Waals surface area contributed by atoms with Crippen LogP contribution in [0.3, 0.4) is 0 Å². The maximum absolute atomic E-state index is 12.8. The van der Waals surface area contributed by atoms with Crippen molar-refractivity contribution in [3.63, 3.8) is 0 Å². The lowest BCUT2D eigenvalue weighted by molar-refractivity contribution is -0.121. The predicted molar refractivity (Wildman–Crippen MR) is 174 cm³/mol. The van der Waals surface area contributed by atoms with Crippen molar-refractivity contribution in [3.05, 3.63) is 98.8 Å². The van der Waals surface area contributed by atoms with E-state index in [1.54, 1.807) is 42.5 Å². The minimum absolute atomic E-state index is 0.0769. The molecule has 0 spiro atoms. The molecule has 0 bridgehead atoms. The number of aryl methyl sites for hydroxylation is 2. The second kappa shape index (κ2) is 14.4. The van der Waals surface area contributed by atoms with Gasteiger partial charge < -0.3 is 9.47 Å². The van der Waals surface area contributed by atoms with Gasteiger partial charge in [-0.3, -0.25) is 4.79 Å². The molecule has 0 saturated carbocycles. The van der Waals surface area contributed by atoms with Gasteiger partial charge >= 0.3 is 0 Å². The summed E-state index contributed by atoms with van der Waals surface area (Å²) in [6.07, 6.45) is 0.384. The summed E-state index contributed by atoms with van der Waals surface area (Å²) in [6, 6.07) is 20.4. The molecule has 0 N–H and O–H groups in total. The second-order valence-corrected chi connectivity index (χ2v) is 15.6. The Morgan fingerprint density at radius 2 is 1.39 bits per heavy atom. The number of halogens is 3. The minimum Gasteiger partial charge on any atom is -0.488 e. The van der Waals surface area contributed by atoms with Gasteiger partial charge in [-0.1, -0.05) is 24.3 Å². The molecule has 0 saturated heterocycles. The standard InChI is InChI=1S/C14H13BrN2O3S.C8H6BrNO2.C7H7ClO2S/c1-10-3-2-4-11(9-10)21(18,19)17-7-8-20-12-5-6-13(15)16-14(12)17;9-8-2-1-7-6(10-8)3-5(11)4-12-7;1-6-3-2-4-7(5-6)11(8,9)10/h2-6,9H,7-8H2,1H3;1-2H,3-4H2;2-5H,1H3. The molecule has 0 radical (unpaired) electrons. The smallest absolute Gasteiger partial charge is 0.265 e. The van der Waals surface area contributed by atoms with Gasteiger partial charge in [0.2, 0.25) is 0 Å². The summed E-state index contributed by atoms with van der Waals surface area (Å²) < 4.78 is 60.4. The number of aromatic nitrogens is 2.